The highest BCUT2D eigenvalue weighted by molar-refractivity contribution is 6.23. The topological polar surface area (TPSA) is 19.1 Å². The molecule has 7 aromatic carbocycles. The summed E-state index contributed by atoms with van der Waals surface area (Å²) in [6.45, 7) is 0. The van der Waals surface area contributed by atoms with Gasteiger partial charge >= 0.3 is 0 Å². The Balaban J connectivity index is 1.26. The van der Waals surface area contributed by atoms with Crippen molar-refractivity contribution in [3.63, 3.8) is 0 Å². The van der Waals surface area contributed by atoms with Crippen molar-refractivity contribution in [2.75, 3.05) is 0 Å². The summed E-state index contributed by atoms with van der Waals surface area (Å²) < 4.78 is 11.6. The summed E-state index contributed by atoms with van der Waals surface area (Å²) in [7, 11) is 0. The zero-order chi connectivity index (χ0) is 31.8. The Hall–Kier alpha value is -6.32. The van der Waals surface area contributed by atoms with Gasteiger partial charge in [-0.05, 0) is 70.1 Å². The van der Waals surface area contributed by atoms with Crippen LogP contribution in [0.5, 0.6) is 5.75 Å². The molecule has 0 saturated carbocycles. The number of nitrogens with zero attached hydrogens (tertiary/aromatic N) is 2. The Morgan fingerprint density at radius 3 is 2.12 bits per heavy atom. The second kappa shape index (κ2) is 9.18. The maximum Gasteiger partial charge on any atom is 0.130 e. The van der Waals surface area contributed by atoms with Gasteiger partial charge in [0.25, 0.3) is 0 Å². The predicted octanol–water partition coefficient (Wildman–Crippen LogP) is 11.4. The summed E-state index contributed by atoms with van der Waals surface area (Å²) in [5.74, 6) is 1.07. The van der Waals surface area contributed by atoms with Gasteiger partial charge in [0.1, 0.15) is 11.9 Å². The Labute approximate surface area is 282 Å². The van der Waals surface area contributed by atoms with Crippen molar-refractivity contribution in [1.82, 2.24) is 9.13 Å². The molecule has 2 aromatic heterocycles. The van der Waals surface area contributed by atoms with E-state index in [9.17, 15) is 0 Å². The zero-order valence-electron chi connectivity index (χ0n) is 26.5. The van der Waals surface area contributed by atoms with Gasteiger partial charge in [-0.15, -0.1) is 0 Å². The molecule has 3 heteroatoms. The van der Waals surface area contributed by atoms with Crippen molar-refractivity contribution in [3.05, 3.63) is 168 Å². The van der Waals surface area contributed by atoms with Gasteiger partial charge in [0, 0.05) is 44.1 Å². The Morgan fingerprint density at radius 1 is 0.490 bits per heavy atom. The second-order valence-corrected chi connectivity index (χ2v) is 13.5. The highest BCUT2D eigenvalue weighted by atomic mass is 16.5. The van der Waals surface area contributed by atoms with E-state index in [0.29, 0.717) is 0 Å². The van der Waals surface area contributed by atoms with E-state index in [1.807, 2.05) is 0 Å². The molecule has 3 heterocycles. The van der Waals surface area contributed by atoms with Crippen LogP contribution < -0.4 is 4.74 Å². The lowest BCUT2D eigenvalue weighted by Crippen LogP contribution is -2.22. The Kier molecular flexibility index (Phi) is 4.82. The second-order valence-electron chi connectivity index (χ2n) is 13.5. The average Bonchev–Trinajstić information content (AvgIpc) is 3.89. The molecule has 2 aliphatic carbocycles. The predicted molar refractivity (Wildman–Crippen MR) is 201 cm³/mol. The number of aromatic nitrogens is 2. The van der Waals surface area contributed by atoms with Crippen LogP contribution in [0.2, 0.25) is 0 Å². The first-order valence-electron chi connectivity index (χ1n) is 17.1. The molecule has 3 nitrogen and oxygen atoms in total. The lowest BCUT2D eigenvalue weighted by Gasteiger charge is -2.23. The van der Waals surface area contributed by atoms with Crippen molar-refractivity contribution in [2.24, 2.45) is 0 Å². The molecule has 0 saturated heterocycles. The molecule has 2 unspecified atom stereocenters. The van der Waals surface area contributed by atoms with Gasteiger partial charge in [-0.1, -0.05) is 115 Å². The number of ether oxygens (including phenoxy) is 1. The van der Waals surface area contributed by atoms with Crippen LogP contribution in [0.15, 0.2) is 152 Å². The quantitative estimate of drug-likeness (QED) is 0.187. The van der Waals surface area contributed by atoms with E-state index < -0.39 is 0 Å². The van der Waals surface area contributed by atoms with E-state index in [4.69, 9.17) is 4.74 Å². The zero-order valence-corrected chi connectivity index (χ0v) is 26.5. The van der Waals surface area contributed by atoms with Crippen molar-refractivity contribution in [3.8, 4) is 39.4 Å². The molecule has 9 aromatic rings. The van der Waals surface area contributed by atoms with E-state index in [1.54, 1.807) is 0 Å². The molecular formula is C46H28N2O. The lowest BCUT2D eigenvalue weighted by molar-refractivity contribution is 0.265. The molecule has 49 heavy (non-hydrogen) atoms. The smallest absolute Gasteiger partial charge is 0.130 e. The average molecular weight is 625 g/mol. The highest BCUT2D eigenvalue weighted by Crippen LogP contribution is 2.53. The summed E-state index contributed by atoms with van der Waals surface area (Å²) >= 11 is 0. The van der Waals surface area contributed by atoms with E-state index in [-0.39, 0.29) is 12.0 Å². The minimum absolute atomic E-state index is 0.0452. The Morgan fingerprint density at radius 2 is 1.22 bits per heavy atom. The van der Waals surface area contributed by atoms with E-state index in [2.05, 4.69) is 167 Å². The number of hydrogen-bond donors (Lipinski definition) is 0. The van der Waals surface area contributed by atoms with Crippen LogP contribution in [0, 0.1) is 0 Å². The number of hydrogen-bond acceptors (Lipinski definition) is 1. The summed E-state index contributed by atoms with van der Waals surface area (Å²) in [6.07, 6.45) is 4.57. The maximum absolute atomic E-state index is 6.58. The van der Waals surface area contributed by atoms with Gasteiger partial charge in [0.15, 0.2) is 0 Å². The van der Waals surface area contributed by atoms with Crippen molar-refractivity contribution < 1.29 is 4.74 Å². The monoisotopic (exact) mass is 624 g/mol. The Bertz CT molecular complexity index is 2890. The highest BCUT2D eigenvalue weighted by Gasteiger charge is 2.41. The molecule has 0 amide bonds. The number of fused-ring (bicyclic) bond motifs is 14. The van der Waals surface area contributed by atoms with Gasteiger partial charge in [-0.2, -0.15) is 0 Å². The van der Waals surface area contributed by atoms with Crippen LogP contribution in [0.3, 0.4) is 0 Å². The number of benzene rings is 7. The van der Waals surface area contributed by atoms with Crippen LogP contribution in [0.1, 0.15) is 22.7 Å². The van der Waals surface area contributed by atoms with Crippen molar-refractivity contribution in [1.29, 1.82) is 0 Å². The lowest BCUT2D eigenvalue weighted by atomic mass is 9.85. The van der Waals surface area contributed by atoms with E-state index in [1.165, 1.54) is 88.2 Å². The summed E-state index contributed by atoms with van der Waals surface area (Å²) in [6, 6.07) is 53.4. The van der Waals surface area contributed by atoms with Crippen LogP contribution >= 0.6 is 0 Å². The first kappa shape index (κ1) is 25.7. The van der Waals surface area contributed by atoms with Gasteiger partial charge in [0.05, 0.1) is 28.2 Å². The van der Waals surface area contributed by atoms with Crippen LogP contribution in [-0.2, 0) is 0 Å². The van der Waals surface area contributed by atoms with E-state index >= 15 is 0 Å². The minimum Gasteiger partial charge on any atom is -0.485 e. The summed E-state index contributed by atoms with van der Waals surface area (Å²) in [5, 5.41) is 6.42. The molecule has 228 valence electrons. The maximum atomic E-state index is 6.58. The third-order valence-corrected chi connectivity index (χ3v) is 11.2. The van der Waals surface area contributed by atoms with Gasteiger partial charge in [-0.3, -0.25) is 0 Å². The third-order valence-electron chi connectivity index (χ3n) is 11.2. The molecule has 0 N–H and O–H groups in total. The molecule has 0 fully saturated rings. The van der Waals surface area contributed by atoms with Crippen LogP contribution in [0.25, 0.3) is 83.2 Å². The van der Waals surface area contributed by atoms with Gasteiger partial charge in [0.2, 0.25) is 0 Å². The molecule has 2 atom stereocenters. The molecule has 12 rings (SSSR count). The van der Waals surface area contributed by atoms with E-state index in [0.717, 1.165) is 11.4 Å². The molecule has 0 spiro atoms. The number of rotatable bonds is 2. The molecule has 3 aliphatic rings. The first-order valence-corrected chi connectivity index (χ1v) is 17.1. The molecule has 0 bridgehead atoms. The standard InChI is InChI=1S/C46H28N2O/c1-2-11-27(12-3-1)47-39-25-22-33-30-15-6-8-19-37(30)48(38-24-21-32-29-14-5-4-13-28(29)31-17-10-18-34(38)42(31)32)45(33)43(39)36-23-26-41-44(46(36)47)35-16-7-9-20-40(35)49-41/h1-26,41,44H. The van der Waals surface area contributed by atoms with Gasteiger partial charge < -0.3 is 13.9 Å². The fourth-order valence-corrected chi connectivity index (χ4v) is 9.33. The van der Waals surface area contributed by atoms with Crippen molar-refractivity contribution >= 4 is 49.6 Å². The molecular weight excluding hydrogens is 597 g/mol. The normalized spacial score (nSPS) is 16.7. The first-order chi connectivity index (χ1) is 24.3. The number of para-hydroxylation sites is 3. The third kappa shape index (κ3) is 3.18. The van der Waals surface area contributed by atoms with Crippen molar-refractivity contribution in [2.45, 2.75) is 12.0 Å². The fourth-order valence-electron chi connectivity index (χ4n) is 9.33. The van der Waals surface area contributed by atoms with Crippen LogP contribution in [0.4, 0.5) is 0 Å². The summed E-state index contributed by atoms with van der Waals surface area (Å²) in [4.78, 5) is 0. The van der Waals surface area contributed by atoms with Gasteiger partial charge in [-0.25, -0.2) is 0 Å². The van der Waals surface area contributed by atoms with Crippen LogP contribution in [-0.4, -0.2) is 15.2 Å². The fraction of sp³-hybridized carbons (Fsp3) is 0.0435. The molecule has 0 radical (unpaired) electrons. The summed E-state index contributed by atoms with van der Waals surface area (Å²) in [5.41, 5.74) is 15.1. The largest absolute Gasteiger partial charge is 0.485 e. The minimum atomic E-state index is -0.0452. The SMILES string of the molecule is C1=CC2Oc3ccccc3C2c2c1c1c(ccc3c4ccccc4n(-c4ccc5c6c(cccc46)-c4ccccc4-5)c31)n2-c1ccccc1. The molecule has 1 aliphatic heterocycles.